The van der Waals surface area contributed by atoms with Crippen molar-refractivity contribution in [1.82, 2.24) is 0 Å². The maximum atomic E-state index is 3.25. The standard InChI is InChI=1S/C28H34/c1-3-5-8-24-15-19-27(20-16-24)28-21-17-26(18-22-28)10-7-6-9-25-13-11-23(4-2)12-14-25/h7,10-16,19-20,26,28H,3-5,8,17-18,21-22H2,1-2H3/b10-7+. The molecule has 0 radical (unpaired) electrons. The molecular weight excluding hydrogens is 336 g/mol. The zero-order valence-corrected chi connectivity index (χ0v) is 17.6. The molecular formula is C28H34. The van der Waals surface area contributed by atoms with Crippen LogP contribution in [0.15, 0.2) is 60.7 Å². The number of rotatable bonds is 6. The lowest BCUT2D eigenvalue weighted by atomic mass is 9.78. The highest BCUT2D eigenvalue weighted by Gasteiger charge is 2.20. The van der Waals surface area contributed by atoms with Crippen molar-refractivity contribution < 1.29 is 0 Å². The normalized spacial score (nSPS) is 19.4. The largest absolute Gasteiger partial charge is 0.0730 e. The van der Waals surface area contributed by atoms with Gasteiger partial charge in [-0.3, -0.25) is 0 Å². The van der Waals surface area contributed by atoms with Crippen LogP contribution < -0.4 is 0 Å². The fourth-order valence-electron chi connectivity index (χ4n) is 4.12. The third kappa shape index (κ3) is 6.13. The zero-order chi connectivity index (χ0) is 19.6. The first kappa shape index (κ1) is 20.5. The quantitative estimate of drug-likeness (QED) is 0.462. The van der Waals surface area contributed by atoms with Gasteiger partial charge in [-0.2, -0.15) is 0 Å². The van der Waals surface area contributed by atoms with E-state index in [1.165, 1.54) is 61.6 Å². The van der Waals surface area contributed by atoms with Gasteiger partial charge in [0.1, 0.15) is 0 Å². The van der Waals surface area contributed by atoms with E-state index >= 15 is 0 Å². The Balaban J connectivity index is 1.46. The molecule has 3 rings (SSSR count). The average molecular weight is 371 g/mol. The molecule has 0 amide bonds. The molecule has 28 heavy (non-hydrogen) atoms. The van der Waals surface area contributed by atoms with E-state index in [1.54, 1.807) is 0 Å². The van der Waals surface area contributed by atoms with E-state index in [0.717, 1.165) is 17.9 Å². The molecule has 2 aromatic rings. The Bertz CT molecular complexity index is 788. The summed E-state index contributed by atoms with van der Waals surface area (Å²) in [4.78, 5) is 0. The van der Waals surface area contributed by atoms with E-state index in [-0.39, 0.29) is 0 Å². The predicted molar refractivity (Wildman–Crippen MR) is 122 cm³/mol. The summed E-state index contributed by atoms with van der Waals surface area (Å²) in [6.45, 7) is 4.44. The fraction of sp³-hybridized carbons (Fsp3) is 0.429. The fourth-order valence-corrected chi connectivity index (χ4v) is 4.12. The Morgan fingerprint density at radius 2 is 1.54 bits per heavy atom. The number of hydrogen-bond donors (Lipinski definition) is 0. The van der Waals surface area contributed by atoms with Crippen LogP contribution in [0.4, 0.5) is 0 Å². The van der Waals surface area contributed by atoms with E-state index in [0.29, 0.717) is 5.92 Å². The van der Waals surface area contributed by atoms with Gasteiger partial charge in [0, 0.05) is 5.56 Å². The monoisotopic (exact) mass is 370 g/mol. The van der Waals surface area contributed by atoms with Crippen LogP contribution in [-0.4, -0.2) is 0 Å². The Kier molecular flexibility index (Phi) is 7.98. The molecule has 2 aromatic carbocycles. The van der Waals surface area contributed by atoms with Crippen LogP contribution in [0.3, 0.4) is 0 Å². The van der Waals surface area contributed by atoms with Crippen LogP contribution in [0, 0.1) is 17.8 Å². The van der Waals surface area contributed by atoms with Crippen molar-refractivity contribution in [3.63, 3.8) is 0 Å². The van der Waals surface area contributed by atoms with Crippen LogP contribution in [0.25, 0.3) is 0 Å². The Labute approximate surface area is 172 Å². The van der Waals surface area contributed by atoms with Crippen molar-refractivity contribution in [1.29, 1.82) is 0 Å². The molecule has 0 heterocycles. The Hall–Kier alpha value is -2.26. The van der Waals surface area contributed by atoms with Gasteiger partial charge in [0.2, 0.25) is 0 Å². The van der Waals surface area contributed by atoms with Crippen LogP contribution in [0.2, 0.25) is 0 Å². The van der Waals surface area contributed by atoms with Gasteiger partial charge in [-0.1, -0.05) is 74.6 Å². The van der Waals surface area contributed by atoms with Crippen molar-refractivity contribution in [3.05, 3.63) is 82.9 Å². The van der Waals surface area contributed by atoms with Crippen molar-refractivity contribution in [2.75, 3.05) is 0 Å². The molecule has 0 saturated heterocycles. The maximum absolute atomic E-state index is 3.25. The first-order chi connectivity index (χ1) is 13.8. The summed E-state index contributed by atoms with van der Waals surface area (Å²) in [6.07, 6.45) is 14.4. The number of hydrogen-bond acceptors (Lipinski definition) is 0. The van der Waals surface area contributed by atoms with Crippen LogP contribution >= 0.6 is 0 Å². The van der Waals surface area contributed by atoms with Gasteiger partial charge in [-0.05, 0) is 91.7 Å². The number of unbranched alkanes of at least 4 members (excludes halogenated alkanes) is 1. The minimum atomic E-state index is 0.692. The highest BCUT2D eigenvalue weighted by molar-refractivity contribution is 5.38. The van der Waals surface area contributed by atoms with Crippen LogP contribution in [-0.2, 0) is 12.8 Å². The van der Waals surface area contributed by atoms with Gasteiger partial charge >= 0.3 is 0 Å². The maximum Gasteiger partial charge on any atom is 0.0249 e. The molecule has 1 saturated carbocycles. The van der Waals surface area contributed by atoms with E-state index in [4.69, 9.17) is 0 Å². The van der Waals surface area contributed by atoms with Crippen molar-refractivity contribution >= 4 is 0 Å². The van der Waals surface area contributed by atoms with E-state index < -0.39 is 0 Å². The topological polar surface area (TPSA) is 0 Å². The van der Waals surface area contributed by atoms with Crippen LogP contribution in [0.1, 0.15) is 80.5 Å². The van der Waals surface area contributed by atoms with E-state index in [1.807, 2.05) is 0 Å². The Morgan fingerprint density at radius 1 is 0.857 bits per heavy atom. The number of aryl methyl sites for hydroxylation is 2. The average Bonchev–Trinajstić information content (AvgIpc) is 2.76. The lowest BCUT2D eigenvalue weighted by Crippen LogP contribution is -2.11. The minimum Gasteiger partial charge on any atom is -0.0730 e. The predicted octanol–water partition coefficient (Wildman–Crippen LogP) is 7.47. The Morgan fingerprint density at radius 3 is 2.18 bits per heavy atom. The summed E-state index contributed by atoms with van der Waals surface area (Å²) in [7, 11) is 0. The molecule has 0 bridgehead atoms. The molecule has 0 aromatic heterocycles. The molecule has 0 heteroatoms. The first-order valence-electron chi connectivity index (χ1n) is 11.1. The van der Waals surface area contributed by atoms with Gasteiger partial charge in [-0.15, -0.1) is 0 Å². The molecule has 146 valence electrons. The summed E-state index contributed by atoms with van der Waals surface area (Å²) in [6, 6.07) is 18.0. The molecule has 0 nitrogen and oxygen atoms in total. The second kappa shape index (κ2) is 10.9. The second-order valence-electron chi connectivity index (χ2n) is 8.14. The lowest BCUT2D eigenvalue weighted by molar-refractivity contribution is 0.376. The minimum absolute atomic E-state index is 0.692. The molecule has 1 aliphatic carbocycles. The third-order valence-electron chi connectivity index (χ3n) is 6.07. The van der Waals surface area contributed by atoms with Gasteiger partial charge < -0.3 is 0 Å². The summed E-state index contributed by atoms with van der Waals surface area (Å²) in [5.74, 6) is 7.91. The van der Waals surface area contributed by atoms with E-state index in [9.17, 15) is 0 Å². The summed E-state index contributed by atoms with van der Waals surface area (Å²) in [5.41, 5.74) is 5.50. The highest BCUT2D eigenvalue weighted by atomic mass is 14.3. The second-order valence-corrected chi connectivity index (χ2v) is 8.14. The van der Waals surface area contributed by atoms with Gasteiger partial charge in [0.15, 0.2) is 0 Å². The van der Waals surface area contributed by atoms with E-state index in [2.05, 4.69) is 86.4 Å². The lowest BCUT2D eigenvalue weighted by Gasteiger charge is -2.27. The first-order valence-corrected chi connectivity index (χ1v) is 11.1. The van der Waals surface area contributed by atoms with Crippen molar-refractivity contribution in [3.8, 4) is 11.8 Å². The van der Waals surface area contributed by atoms with Crippen molar-refractivity contribution in [2.24, 2.45) is 5.92 Å². The molecule has 0 atom stereocenters. The molecule has 0 N–H and O–H groups in total. The summed E-state index contributed by atoms with van der Waals surface area (Å²) < 4.78 is 0. The van der Waals surface area contributed by atoms with Crippen molar-refractivity contribution in [2.45, 2.75) is 71.1 Å². The zero-order valence-electron chi connectivity index (χ0n) is 17.6. The third-order valence-corrected chi connectivity index (χ3v) is 6.07. The van der Waals surface area contributed by atoms with Gasteiger partial charge in [0.25, 0.3) is 0 Å². The smallest absolute Gasteiger partial charge is 0.0249 e. The number of allylic oxidation sites excluding steroid dienone is 2. The SMILES string of the molecule is CCCCc1ccc(C2CCC(/C=C/C#Cc3ccc(CC)cc3)CC2)cc1. The molecule has 1 fully saturated rings. The van der Waals surface area contributed by atoms with Gasteiger partial charge in [0.05, 0.1) is 0 Å². The molecule has 1 aliphatic rings. The molecule has 0 aliphatic heterocycles. The summed E-state index contributed by atoms with van der Waals surface area (Å²) >= 11 is 0. The molecule has 0 spiro atoms. The number of benzene rings is 2. The summed E-state index contributed by atoms with van der Waals surface area (Å²) in [5, 5.41) is 0. The highest BCUT2D eigenvalue weighted by Crippen LogP contribution is 2.36. The van der Waals surface area contributed by atoms with Crippen LogP contribution in [0.5, 0.6) is 0 Å². The van der Waals surface area contributed by atoms with Gasteiger partial charge in [-0.25, -0.2) is 0 Å². The molecule has 0 unspecified atom stereocenters.